The lowest BCUT2D eigenvalue weighted by atomic mass is 10.1. The molecule has 0 bridgehead atoms. The maximum Gasteiger partial charge on any atom is 0.137 e. The summed E-state index contributed by atoms with van der Waals surface area (Å²) in [5.41, 5.74) is 0.996. The third kappa shape index (κ3) is 2.61. The summed E-state index contributed by atoms with van der Waals surface area (Å²) in [5.74, 6) is 2.47. The van der Waals surface area contributed by atoms with Crippen LogP contribution in [0.2, 0.25) is 5.15 Å². The predicted octanol–water partition coefficient (Wildman–Crippen LogP) is 3.94. The average molecular weight is 268 g/mol. The summed E-state index contributed by atoms with van der Waals surface area (Å²) in [4.78, 5) is 11.4. The van der Waals surface area contributed by atoms with Crippen LogP contribution in [0.15, 0.2) is 0 Å². The molecule has 0 spiro atoms. The van der Waals surface area contributed by atoms with Gasteiger partial charge < -0.3 is 4.90 Å². The Morgan fingerprint density at radius 1 is 1.28 bits per heavy atom. The van der Waals surface area contributed by atoms with Crippen LogP contribution >= 0.6 is 11.6 Å². The zero-order valence-corrected chi connectivity index (χ0v) is 12.5. The summed E-state index contributed by atoms with van der Waals surface area (Å²) in [6.45, 7) is 6.43. The highest BCUT2D eigenvalue weighted by molar-refractivity contribution is 6.30. The molecule has 18 heavy (non-hydrogen) atoms. The van der Waals surface area contributed by atoms with Gasteiger partial charge in [-0.15, -0.1) is 0 Å². The minimum absolute atomic E-state index is 0.515. The maximum atomic E-state index is 6.25. The minimum Gasteiger partial charge on any atom is -0.356 e. The topological polar surface area (TPSA) is 29.0 Å². The van der Waals surface area contributed by atoms with Gasteiger partial charge in [0.2, 0.25) is 0 Å². The molecule has 1 aromatic heterocycles. The zero-order valence-electron chi connectivity index (χ0n) is 11.7. The number of anilines is 1. The van der Waals surface area contributed by atoms with Gasteiger partial charge in [-0.05, 0) is 32.6 Å². The summed E-state index contributed by atoms with van der Waals surface area (Å²) >= 11 is 6.25. The summed E-state index contributed by atoms with van der Waals surface area (Å²) in [6.07, 6.45) is 4.64. The van der Waals surface area contributed by atoms with Crippen LogP contribution in [0.25, 0.3) is 0 Å². The normalized spacial score (nSPS) is 15.2. The van der Waals surface area contributed by atoms with Crippen molar-refractivity contribution in [1.82, 2.24) is 9.97 Å². The molecule has 0 atom stereocenters. The van der Waals surface area contributed by atoms with E-state index in [9.17, 15) is 0 Å². The lowest BCUT2D eigenvalue weighted by Gasteiger charge is -2.29. The fourth-order valence-electron chi connectivity index (χ4n) is 2.37. The molecule has 1 aromatic rings. The van der Waals surface area contributed by atoms with E-state index in [2.05, 4.69) is 30.8 Å². The molecule has 1 aliphatic carbocycles. The van der Waals surface area contributed by atoms with E-state index >= 15 is 0 Å². The number of aromatic nitrogens is 2. The van der Waals surface area contributed by atoms with Crippen molar-refractivity contribution in [2.45, 2.75) is 58.4 Å². The minimum atomic E-state index is 0.515. The zero-order chi connectivity index (χ0) is 13.3. The van der Waals surface area contributed by atoms with Crippen molar-refractivity contribution in [3.63, 3.8) is 0 Å². The molecule has 0 N–H and O–H groups in total. The Hall–Kier alpha value is -0.830. The highest BCUT2D eigenvalue weighted by Gasteiger charge is 2.29. The van der Waals surface area contributed by atoms with E-state index < -0.39 is 0 Å². The fourth-order valence-corrected chi connectivity index (χ4v) is 2.54. The van der Waals surface area contributed by atoms with Crippen LogP contribution in [0, 0.1) is 6.92 Å². The first kappa shape index (κ1) is 13.6. The molecule has 1 heterocycles. The first-order valence-corrected chi connectivity index (χ1v) is 7.23. The molecule has 0 aliphatic heterocycles. The molecule has 2 rings (SSSR count). The second-order valence-electron chi connectivity index (χ2n) is 5.18. The number of hydrogen-bond acceptors (Lipinski definition) is 3. The summed E-state index contributed by atoms with van der Waals surface area (Å²) < 4.78 is 0. The van der Waals surface area contributed by atoms with Gasteiger partial charge >= 0.3 is 0 Å². The van der Waals surface area contributed by atoms with Gasteiger partial charge in [-0.25, -0.2) is 9.97 Å². The standard InChI is InChI=1S/C14H22ClN3/c1-5-11(6-2)18(4)14-9(3)12(15)16-13(17-14)10-7-8-10/h10-11H,5-8H2,1-4H3. The van der Waals surface area contributed by atoms with E-state index in [-0.39, 0.29) is 0 Å². The number of halogens is 1. The number of hydrogen-bond donors (Lipinski definition) is 0. The fraction of sp³-hybridized carbons (Fsp3) is 0.714. The van der Waals surface area contributed by atoms with E-state index in [1.165, 1.54) is 12.8 Å². The number of nitrogens with zero attached hydrogens (tertiary/aromatic N) is 3. The van der Waals surface area contributed by atoms with Crippen LogP contribution in [0.1, 0.15) is 56.8 Å². The van der Waals surface area contributed by atoms with Gasteiger partial charge in [-0.2, -0.15) is 0 Å². The van der Waals surface area contributed by atoms with E-state index in [1.807, 2.05) is 6.92 Å². The Bertz CT molecular complexity index is 425. The first-order valence-electron chi connectivity index (χ1n) is 6.85. The summed E-state index contributed by atoms with van der Waals surface area (Å²) in [7, 11) is 2.11. The van der Waals surface area contributed by atoms with Crippen molar-refractivity contribution in [2.24, 2.45) is 0 Å². The Morgan fingerprint density at radius 3 is 2.39 bits per heavy atom. The first-order chi connectivity index (χ1) is 8.58. The lowest BCUT2D eigenvalue weighted by molar-refractivity contribution is 0.584. The molecule has 1 aliphatic rings. The summed E-state index contributed by atoms with van der Waals surface area (Å²) in [6, 6.07) is 0.515. The van der Waals surface area contributed by atoms with Crippen molar-refractivity contribution in [3.05, 3.63) is 16.5 Å². The van der Waals surface area contributed by atoms with E-state index in [4.69, 9.17) is 16.6 Å². The molecule has 0 saturated heterocycles. The van der Waals surface area contributed by atoms with Crippen molar-refractivity contribution in [1.29, 1.82) is 0 Å². The van der Waals surface area contributed by atoms with Crippen molar-refractivity contribution < 1.29 is 0 Å². The largest absolute Gasteiger partial charge is 0.356 e. The van der Waals surface area contributed by atoms with Crippen LogP contribution in [-0.4, -0.2) is 23.1 Å². The molecule has 0 unspecified atom stereocenters. The van der Waals surface area contributed by atoms with Crippen LogP contribution in [0.4, 0.5) is 5.82 Å². The number of rotatable bonds is 5. The van der Waals surface area contributed by atoms with Crippen molar-refractivity contribution in [3.8, 4) is 0 Å². The molecule has 0 radical (unpaired) electrons. The Labute approximate surface area is 115 Å². The lowest BCUT2D eigenvalue weighted by Crippen LogP contribution is -2.32. The Kier molecular flexibility index (Phi) is 4.10. The summed E-state index contributed by atoms with van der Waals surface area (Å²) in [5, 5.41) is 0.611. The van der Waals surface area contributed by atoms with Gasteiger partial charge in [0.05, 0.1) is 0 Å². The van der Waals surface area contributed by atoms with Gasteiger partial charge in [0.15, 0.2) is 0 Å². The van der Waals surface area contributed by atoms with Crippen LogP contribution in [0.3, 0.4) is 0 Å². The molecule has 100 valence electrons. The van der Waals surface area contributed by atoms with E-state index in [0.717, 1.165) is 30.0 Å². The second kappa shape index (κ2) is 5.43. The van der Waals surface area contributed by atoms with Crippen molar-refractivity contribution in [2.75, 3.05) is 11.9 Å². The molecule has 1 saturated carbocycles. The highest BCUT2D eigenvalue weighted by atomic mass is 35.5. The Morgan fingerprint density at radius 2 is 1.89 bits per heavy atom. The van der Waals surface area contributed by atoms with Crippen LogP contribution < -0.4 is 4.90 Å². The molecular weight excluding hydrogens is 246 g/mol. The maximum absolute atomic E-state index is 6.25. The van der Waals surface area contributed by atoms with Gasteiger partial charge in [0.25, 0.3) is 0 Å². The molecule has 0 aromatic carbocycles. The molecule has 0 amide bonds. The average Bonchev–Trinajstić information content (AvgIpc) is 3.18. The van der Waals surface area contributed by atoms with Gasteiger partial charge in [0, 0.05) is 24.6 Å². The molecule has 4 heteroatoms. The molecule has 3 nitrogen and oxygen atoms in total. The van der Waals surface area contributed by atoms with Crippen molar-refractivity contribution >= 4 is 17.4 Å². The van der Waals surface area contributed by atoms with E-state index in [0.29, 0.717) is 17.1 Å². The second-order valence-corrected chi connectivity index (χ2v) is 5.53. The smallest absolute Gasteiger partial charge is 0.137 e. The Balaban J connectivity index is 2.35. The monoisotopic (exact) mass is 267 g/mol. The molecule has 1 fully saturated rings. The third-order valence-corrected chi connectivity index (χ3v) is 4.21. The van der Waals surface area contributed by atoms with Crippen LogP contribution in [-0.2, 0) is 0 Å². The van der Waals surface area contributed by atoms with Crippen LogP contribution in [0.5, 0.6) is 0 Å². The van der Waals surface area contributed by atoms with Gasteiger partial charge in [-0.1, -0.05) is 25.4 Å². The molecular formula is C14H22ClN3. The van der Waals surface area contributed by atoms with Gasteiger partial charge in [0.1, 0.15) is 16.8 Å². The third-order valence-electron chi connectivity index (χ3n) is 3.84. The highest BCUT2D eigenvalue weighted by Crippen LogP contribution is 2.40. The van der Waals surface area contributed by atoms with Gasteiger partial charge in [-0.3, -0.25) is 0 Å². The van der Waals surface area contributed by atoms with E-state index in [1.54, 1.807) is 0 Å². The SMILES string of the molecule is CCC(CC)N(C)c1nc(C2CC2)nc(Cl)c1C. The predicted molar refractivity (Wildman–Crippen MR) is 76.5 cm³/mol. The quantitative estimate of drug-likeness (QED) is 0.757.